The van der Waals surface area contributed by atoms with Gasteiger partial charge in [0.1, 0.15) is 0 Å². The van der Waals surface area contributed by atoms with Gasteiger partial charge in [-0.15, -0.1) is 0 Å². The van der Waals surface area contributed by atoms with Gasteiger partial charge in [-0.05, 0) is 50.6 Å². The van der Waals surface area contributed by atoms with Crippen molar-refractivity contribution in [1.82, 2.24) is 4.57 Å². The summed E-state index contributed by atoms with van der Waals surface area (Å²) < 4.78 is 2.45. The zero-order chi connectivity index (χ0) is 23.4. The van der Waals surface area contributed by atoms with Crippen LogP contribution in [-0.4, -0.2) is 10.6 Å². The molecule has 1 aromatic heterocycles. The van der Waals surface area contributed by atoms with E-state index in [-0.39, 0.29) is 6.04 Å². The molecule has 0 radical (unpaired) electrons. The molecule has 0 saturated heterocycles. The van der Waals surface area contributed by atoms with Crippen molar-refractivity contribution in [2.75, 3.05) is 4.90 Å². The number of anilines is 2. The first-order valence-corrected chi connectivity index (χ1v) is 11.5. The third-order valence-electron chi connectivity index (χ3n) is 6.22. The summed E-state index contributed by atoms with van der Waals surface area (Å²) in [4.78, 5) is 2.44. The Hall–Kier alpha value is -3.78. The van der Waals surface area contributed by atoms with Crippen LogP contribution in [0.15, 0.2) is 104 Å². The van der Waals surface area contributed by atoms with Crippen LogP contribution in [0.2, 0.25) is 0 Å². The summed E-state index contributed by atoms with van der Waals surface area (Å²) in [6.45, 7) is 15.5. The molecule has 4 rings (SSSR count). The third-order valence-corrected chi connectivity index (χ3v) is 6.22. The van der Waals surface area contributed by atoms with Crippen LogP contribution < -0.4 is 4.90 Å². The first kappa shape index (κ1) is 22.4. The van der Waals surface area contributed by atoms with E-state index in [0.29, 0.717) is 0 Å². The molecule has 0 fully saturated rings. The van der Waals surface area contributed by atoms with Gasteiger partial charge in [0.15, 0.2) is 0 Å². The van der Waals surface area contributed by atoms with Crippen molar-refractivity contribution in [3.8, 4) is 0 Å². The van der Waals surface area contributed by atoms with Crippen LogP contribution in [0.25, 0.3) is 22.6 Å². The molecule has 0 N–H and O–H groups in total. The molecule has 2 heteroatoms. The van der Waals surface area contributed by atoms with Crippen LogP contribution in [-0.2, 0) is 6.54 Å². The number of para-hydroxylation sites is 3. The van der Waals surface area contributed by atoms with E-state index < -0.39 is 0 Å². The molecule has 33 heavy (non-hydrogen) atoms. The van der Waals surface area contributed by atoms with E-state index in [4.69, 9.17) is 0 Å². The van der Waals surface area contributed by atoms with E-state index >= 15 is 0 Å². The average Bonchev–Trinajstić information content (AvgIpc) is 3.09. The highest BCUT2D eigenvalue weighted by atomic mass is 15.2. The Balaban J connectivity index is 1.83. The minimum absolute atomic E-state index is 0.207. The van der Waals surface area contributed by atoms with Crippen LogP contribution >= 0.6 is 0 Å². The summed E-state index contributed by atoms with van der Waals surface area (Å²) in [5, 5.41) is 1.27. The van der Waals surface area contributed by atoms with E-state index in [1.807, 2.05) is 12.2 Å². The van der Waals surface area contributed by atoms with E-state index in [2.05, 4.69) is 128 Å². The predicted molar refractivity (Wildman–Crippen MR) is 145 cm³/mol. The molecule has 3 aromatic carbocycles. The van der Waals surface area contributed by atoms with Gasteiger partial charge in [-0.3, -0.25) is 0 Å². The highest BCUT2D eigenvalue weighted by Crippen LogP contribution is 2.35. The monoisotopic (exact) mass is 432 g/mol. The van der Waals surface area contributed by atoms with E-state index in [1.165, 1.54) is 39.1 Å². The van der Waals surface area contributed by atoms with Crippen LogP contribution in [0.1, 0.15) is 30.7 Å². The number of rotatable bonds is 8. The Morgan fingerprint density at radius 2 is 1.64 bits per heavy atom. The maximum absolute atomic E-state index is 4.24. The first-order valence-electron chi connectivity index (χ1n) is 11.5. The number of aromatic nitrogens is 1. The zero-order valence-corrected chi connectivity index (χ0v) is 19.8. The molecule has 1 unspecified atom stereocenters. The van der Waals surface area contributed by atoms with Crippen molar-refractivity contribution in [3.05, 3.63) is 121 Å². The Labute approximate surface area is 197 Å². The van der Waals surface area contributed by atoms with Gasteiger partial charge in [0.25, 0.3) is 0 Å². The first-order chi connectivity index (χ1) is 16.0. The Kier molecular flexibility index (Phi) is 6.65. The number of fused-ring (bicyclic) bond motifs is 1. The summed E-state index contributed by atoms with van der Waals surface area (Å²) >= 11 is 0. The molecular formula is C31H32N2. The standard InChI is InChI=1S/C31H32N2/c1-6-7-17-28-25(5)32(30-20-13-12-19-29(28)30)22-24(4)33(26-15-9-8-10-16-26)31-21-14-11-18-27(31)23(2)3/h6-21,24H,1-2,22H2,3-5H3/b17-7-. The smallest absolute Gasteiger partial charge is 0.0493 e. The van der Waals surface area contributed by atoms with Crippen molar-refractivity contribution < 1.29 is 0 Å². The zero-order valence-electron chi connectivity index (χ0n) is 19.8. The fraction of sp³-hybridized carbons (Fsp3) is 0.161. The van der Waals surface area contributed by atoms with Crippen molar-refractivity contribution in [1.29, 1.82) is 0 Å². The second-order valence-corrected chi connectivity index (χ2v) is 8.57. The summed E-state index contributed by atoms with van der Waals surface area (Å²) in [6, 6.07) is 28.1. The van der Waals surface area contributed by atoms with Crippen LogP contribution in [0.4, 0.5) is 11.4 Å². The molecule has 4 aromatic rings. The molecule has 1 atom stereocenters. The summed E-state index contributed by atoms with van der Waals surface area (Å²) in [6.07, 6.45) is 6.01. The van der Waals surface area contributed by atoms with Crippen molar-refractivity contribution in [3.63, 3.8) is 0 Å². The van der Waals surface area contributed by atoms with Crippen molar-refractivity contribution in [2.45, 2.75) is 33.4 Å². The second kappa shape index (κ2) is 9.79. The fourth-order valence-electron chi connectivity index (χ4n) is 4.68. The molecule has 166 valence electrons. The maximum atomic E-state index is 4.24. The normalized spacial score (nSPS) is 12.2. The van der Waals surface area contributed by atoms with E-state index in [1.54, 1.807) is 0 Å². The van der Waals surface area contributed by atoms with E-state index in [9.17, 15) is 0 Å². The van der Waals surface area contributed by atoms with Gasteiger partial charge in [-0.2, -0.15) is 0 Å². The molecule has 0 saturated carbocycles. The minimum Gasteiger partial charge on any atom is -0.342 e. The Morgan fingerprint density at radius 3 is 2.36 bits per heavy atom. The predicted octanol–water partition coefficient (Wildman–Crippen LogP) is 8.41. The Morgan fingerprint density at radius 1 is 0.970 bits per heavy atom. The molecule has 0 spiro atoms. The van der Waals surface area contributed by atoms with Crippen LogP contribution in [0.3, 0.4) is 0 Å². The topological polar surface area (TPSA) is 8.17 Å². The van der Waals surface area contributed by atoms with Gasteiger partial charge in [0.05, 0.1) is 0 Å². The Bertz CT molecular complexity index is 1310. The SMILES string of the molecule is C=C/C=C\c1c(C)n(CC(C)N(c2ccccc2)c2ccccc2C(=C)C)c2ccccc12. The number of hydrogen-bond acceptors (Lipinski definition) is 1. The number of allylic oxidation sites excluding steroid dienone is 3. The average molecular weight is 433 g/mol. The van der Waals surface area contributed by atoms with Gasteiger partial charge in [0, 0.05) is 51.7 Å². The lowest BCUT2D eigenvalue weighted by atomic mass is 10.0. The second-order valence-electron chi connectivity index (χ2n) is 8.57. The van der Waals surface area contributed by atoms with Gasteiger partial charge in [-0.1, -0.05) is 86.0 Å². The van der Waals surface area contributed by atoms with Crippen LogP contribution in [0, 0.1) is 6.92 Å². The summed E-state index contributed by atoms with van der Waals surface area (Å²) in [5.74, 6) is 0. The quantitative estimate of drug-likeness (QED) is 0.254. The molecule has 0 aliphatic rings. The van der Waals surface area contributed by atoms with Crippen molar-refractivity contribution in [2.24, 2.45) is 0 Å². The summed E-state index contributed by atoms with van der Waals surface area (Å²) in [5.41, 5.74) is 8.39. The third kappa shape index (κ3) is 4.42. The lowest BCUT2D eigenvalue weighted by Crippen LogP contribution is -2.33. The highest BCUT2D eigenvalue weighted by molar-refractivity contribution is 5.91. The number of nitrogens with zero attached hydrogens (tertiary/aromatic N) is 2. The number of benzene rings is 3. The molecular weight excluding hydrogens is 400 g/mol. The largest absolute Gasteiger partial charge is 0.342 e. The van der Waals surface area contributed by atoms with Crippen LogP contribution in [0.5, 0.6) is 0 Å². The van der Waals surface area contributed by atoms with Crippen molar-refractivity contribution >= 4 is 33.9 Å². The molecule has 1 heterocycles. The molecule has 0 bridgehead atoms. The lowest BCUT2D eigenvalue weighted by molar-refractivity contribution is 0.582. The fourth-order valence-corrected chi connectivity index (χ4v) is 4.68. The summed E-state index contributed by atoms with van der Waals surface area (Å²) in [7, 11) is 0. The van der Waals surface area contributed by atoms with Gasteiger partial charge >= 0.3 is 0 Å². The minimum atomic E-state index is 0.207. The molecule has 0 amide bonds. The van der Waals surface area contributed by atoms with E-state index in [0.717, 1.165) is 12.1 Å². The molecule has 2 nitrogen and oxygen atoms in total. The lowest BCUT2D eigenvalue weighted by Gasteiger charge is -2.34. The van der Waals surface area contributed by atoms with Gasteiger partial charge < -0.3 is 9.47 Å². The molecule has 0 aliphatic carbocycles. The van der Waals surface area contributed by atoms with Gasteiger partial charge in [-0.25, -0.2) is 0 Å². The maximum Gasteiger partial charge on any atom is 0.0493 e. The van der Waals surface area contributed by atoms with Gasteiger partial charge in [0.2, 0.25) is 0 Å². The number of hydrogen-bond donors (Lipinski definition) is 0. The highest BCUT2D eigenvalue weighted by Gasteiger charge is 2.22. The molecule has 0 aliphatic heterocycles.